The molecule has 1 amide bonds. The van der Waals surface area contributed by atoms with Gasteiger partial charge in [0, 0.05) is 19.1 Å². The van der Waals surface area contributed by atoms with Gasteiger partial charge < -0.3 is 20.6 Å². The number of carbonyl (C=O) groups is 1. The first-order chi connectivity index (χ1) is 17.2. The molecular weight excluding hydrogens is 469 g/mol. The normalized spacial score (nSPS) is 18.9. The van der Waals surface area contributed by atoms with Crippen LogP contribution in [0.4, 0.5) is 24.5 Å². The first kappa shape index (κ1) is 28.0. The fraction of sp³-hybridized carbons (Fsp3) is 0.519. The van der Waals surface area contributed by atoms with E-state index in [0.29, 0.717) is 18.2 Å². The van der Waals surface area contributed by atoms with Crippen molar-refractivity contribution in [2.75, 3.05) is 44.6 Å². The smallest absolute Gasteiger partial charge is 0.256 e. The Bertz CT molecular complexity index is 1060. The van der Waals surface area contributed by atoms with Crippen molar-refractivity contribution >= 4 is 17.3 Å². The fourth-order valence-corrected chi connectivity index (χ4v) is 4.81. The molecule has 9 heteroatoms. The number of hydrogen-bond acceptors (Lipinski definition) is 5. The van der Waals surface area contributed by atoms with E-state index in [2.05, 4.69) is 22.5 Å². The minimum Gasteiger partial charge on any atom is -0.385 e. The van der Waals surface area contributed by atoms with Crippen LogP contribution in [0.3, 0.4) is 0 Å². The van der Waals surface area contributed by atoms with E-state index in [1.165, 1.54) is 29.5 Å². The summed E-state index contributed by atoms with van der Waals surface area (Å²) >= 11 is 0. The second kappa shape index (κ2) is 12.1. The number of likely N-dealkylation sites (N-methyl/N-ethyl adjacent to an activating group) is 1. The number of nitrogens with one attached hydrogen (secondary N) is 2. The minimum atomic E-state index is -1.26. The lowest BCUT2D eigenvalue weighted by molar-refractivity contribution is -0.0788. The molecule has 1 unspecified atom stereocenters. The van der Waals surface area contributed by atoms with Gasteiger partial charge in [-0.3, -0.25) is 9.69 Å². The molecule has 0 spiro atoms. The molecule has 2 aliphatic rings. The molecule has 4 rings (SSSR count). The van der Waals surface area contributed by atoms with Gasteiger partial charge in [0.15, 0.2) is 11.6 Å². The zero-order chi connectivity index (χ0) is 26.5. The molecule has 36 heavy (non-hydrogen) atoms. The number of anilines is 2. The highest BCUT2D eigenvalue weighted by atomic mass is 19.2. The molecular formula is C27H37F3N4O2. The van der Waals surface area contributed by atoms with E-state index in [1.807, 2.05) is 13.8 Å². The Balaban J connectivity index is 0.00000176. The summed E-state index contributed by atoms with van der Waals surface area (Å²) in [4.78, 5) is 16.8. The Morgan fingerprint density at radius 2 is 1.86 bits per heavy atom. The standard InChI is InChI=1S/C25H31F3N4O2.C2H6/c1-3-31-10-4-5-17(31)12-29-13-25(34)14-32(15-25)24(33)18-7-8-19(26)22(28)23(18)30-21-9-6-16(2)11-20(21)27;1-2/h6-9,11,17,29-30,34H,3-5,10,12-15H2,1-2H3;1-2H3. The summed E-state index contributed by atoms with van der Waals surface area (Å²) in [5, 5.41) is 16.6. The van der Waals surface area contributed by atoms with Crippen molar-refractivity contribution in [1.82, 2.24) is 15.1 Å². The second-order valence-corrected chi connectivity index (χ2v) is 9.33. The van der Waals surface area contributed by atoms with Gasteiger partial charge in [-0.25, -0.2) is 13.2 Å². The quantitative estimate of drug-likeness (QED) is 0.494. The number of amides is 1. The van der Waals surface area contributed by atoms with Crippen molar-refractivity contribution in [3.8, 4) is 0 Å². The maximum atomic E-state index is 14.6. The van der Waals surface area contributed by atoms with Gasteiger partial charge in [-0.15, -0.1) is 0 Å². The fourth-order valence-electron chi connectivity index (χ4n) is 4.81. The lowest BCUT2D eigenvalue weighted by Crippen LogP contribution is -2.67. The SMILES string of the molecule is CC.CCN1CCCC1CNCC1(O)CN(C(=O)c2ccc(F)c(F)c2Nc2ccc(C)cc2F)C1. The van der Waals surface area contributed by atoms with E-state index >= 15 is 0 Å². The number of hydrogen-bond donors (Lipinski definition) is 3. The summed E-state index contributed by atoms with van der Waals surface area (Å²) in [6, 6.07) is 6.77. The summed E-state index contributed by atoms with van der Waals surface area (Å²) < 4.78 is 42.9. The Labute approximate surface area is 211 Å². The molecule has 6 nitrogen and oxygen atoms in total. The minimum absolute atomic E-state index is 0.0678. The highest BCUT2D eigenvalue weighted by molar-refractivity contribution is 6.01. The van der Waals surface area contributed by atoms with E-state index < -0.39 is 34.6 Å². The number of halogens is 3. The number of aliphatic hydroxyl groups is 1. The van der Waals surface area contributed by atoms with E-state index in [9.17, 15) is 23.1 Å². The molecule has 2 aromatic rings. The summed E-state index contributed by atoms with van der Waals surface area (Å²) in [7, 11) is 0. The Kier molecular flexibility index (Phi) is 9.38. The van der Waals surface area contributed by atoms with Crippen LogP contribution in [-0.4, -0.2) is 71.7 Å². The van der Waals surface area contributed by atoms with Crippen LogP contribution in [0.5, 0.6) is 0 Å². The maximum Gasteiger partial charge on any atom is 0.256 e. The van der Waals surface area contributed by atoms with Crippen LogP contribution in [0.25, 0.3) is 0 Å². The van der Waals surface area contributed by atoms with E-state index in [1.54, 1.807) is 13.0 Å². The molecule has 2 aromatic carbocycles. The van der Waals surface area contributed by atoms with Crippen LogP contribution in [0.1, 0.15) is 49.5 Å². The lowest BCUT2D eigenvalue weighted by Gasteiger charge is -2.47. The number of likely N-dealkylation sites (tertiary alicyclic amines) is 2. The average Bonchev–Trinajstić information content (AvgIpc) is 3.30. The predicted octanol–water partition coefficient (Wildman–Crippen LogP) is 4.44. The van der Waals surface area contributed by atoms with E-state index in [-0.39, 0.29) is 24.3 Å². The summed E-state index contributed by atoms with van der Waals surface area (Å²) in [6.45, 7) is 11.2. The number of β-amino-alcohol motifs (C(OH)–C–C–N with tert-alkyl or cyclic N) is 1. The van der Waals surface area contributed by atoms with E-state index in [0.717, 1.165) is 32.1 Å². The van der Waals surface area contributed by atoms with Gasteiger partial charge in [0.1, 0.15) is 11.4 Å². The van der Waals surface area contributed by atoms with Crippen LogP contribution in [-0.2, 0) is 0 Å². The highest BCUT2D eigenvalue weighted by Crippen LogP contribution is 2.31. The van der Waals surface area contributed by atoms with Gasteiger partial charge >= 0.3 is 0 Å². The Hall–Kier alpha value is -2.62. The van der Waals surface area contributed by atoms with Crippen LogP contribution in [0.15, 0.2) is 30.3 Å². The molecule has 2 heterocycles. The van der Waals surface area contributed by atoms with Gasteiger partial charge in [-0.05, 0) is 62.7 Å². The molecule has 0 bridgehead atoms. The zero-order valence-electron chi connectivity index (χ0n) is 21.5. The molecule has 0 radical (unpaired) electrons. The van der Waals surface area contributed by atoms with Gasteiger partial charge in [0.05, 0.1) is 30.0 Å². The number of benzene rings is 2. The monoisotopic (exact) mass is 506 g/mol. The van der Waals surface area contributed by atoms with Gasteiger partial charge in [0.2, 0.25) is 0 Å². The second-order valence-electron chi connectivity index (χ2n) is 9.33. The van der Waals surface area contributed by atoms with Crippen molar-refractivity contribution in [2.45, 2.75) is 52.2 Å². The number of aryl methyl sites for hydroxylation is 1. The largest absolute Gasteiger partial charge is 0.385 e. The van der Waals surface area contributed by atoms with Gasteiger partial charge in [-0.1, -0.05) is 26.8 Å². The van der Waals surface area contributed by atoms with Crippen molar-refractivity contribution in [3.63, 3.8) is 0 Å². The maximum absolute atomic E-state index is 14.6. The highest BCUT2D eigenvalue weighted by Gasteiger charge is 2.44. The molecule has 2 saturated heterocycles. The van der Waals surface area contributed by atoms with Crippen LogP contribution in [0, 0.1) is 24.4 Å². The van der Waals surface area contributed by atoms with Gasteiger partial charge in [-0.2, -0.15) is 0 Å². The average molecular weight is 507 g/mol. The molecule has 3 N–H and O–H groups in total. The molecule has 198 valence electrons. The molecule has 1 atom stereocenters. The third-order valence-corrected chi connectivity index (χ3v) is 6.71. The summed E-state index contributed by atoms with van der Waals surface area (Å²) in [6.07, 6.45) is 2.29. The van der Waals surface area contributed by atoms with Gasteiger partial charge in [0.25, 0.3) is 5.91 Å². The van der Waals surface area contributed by atoms with Crippen LogP contribution >= 0.6 is 0 Å². The molecule has 2 fully saturated rings. The molecule has 2 aliphatic heterocycles. The first-order valence-corrected chi connectivity index (χ1v) is 12.7. The molecule has 0 saturated carbocycles. The molecule has 0 aliphatic carbocycles. The predicted molar refractivity (Wildman–Crippen MR) is 136 cm³/mol. The summed E-state index contributed by atoms with van der Waals surface area (Å²) in [5.41, 5.74) is -1.04. The van der Waals surface area contributed by atoms with Crippen molar-refractivity contribution in [3.05, 3.63) is 58.9 Å². The van der Waals surface area contributed by atoms with Crippen LogP contribution < -0.4 is 10.6 Å². The lowest BCUT2D eigenvalue weighted by atomic mass is 9.92. The molecule has 0 aromatic heterocycles. The summed E-state index contributed by atoms with van der Waals surface area (Å²) in [5.74, 6) is -3.62. The van der Waals surface area contributed by atoms with Crippen molar-refractivity contribution < 1.29 is 23.1 Å². The first-order valence-electron chi connectivity index (χ1n) is 12.7. The van der Waals surface area contributed by atoms with E-state index in [4.69, 9.17) is 0 Å². The number of rotatable bonds is 8. The van der Waals surface area contributed by atoms with Crippen molar-refractivity contribution in [2.24, 2.45) is 0 Å². The zero-order valence-corrected chi connectivity index (χ0v) is 21.5. The Morgan fingerprint density at radius 3 is 2.53 bits per heavy atom. The number of carbonyl (C=O) groups excluding carboxylic acids is 1. The topological polar surface area (TPSA) is 67.8 Å². The van der Waals surface area contributed by atoms with Crippen molar-refractivity contribution in [1.29, 1.82) is 0 Å². The van der Waals surface area contributed by atoms with Crippen LogP contribution in [0.2, 0.25) is 0 Å². The Morgan fingerprint density at radius 1 is 1.14 bits per heavy atom. The third-order valence-electron chi connectivity index (χ3n) is 6.71. The third kappa shape index (κ3) is 6.19. The number of nitrogens with zero attached hydrogens (tertiary/aromatic N) is 2.